The van der Waals surface area contributed by atoms with Crippen LogP contribution in [-0.4, -0.2) is 172 Å². The van der Waals surface area contributed by atoms with Crippen molar-refractivity contribution < 1.29 is 96.4 Å². The van der Waals surface area contributed by atoms with Crippen molar-refractivity contribution in [3.63, 3.8) is 0 Å². The van der Waals surface area contributed by atoms with Crippen molar-refractivity contribution in [1.29, 1.82) is 0 Å². The van der Waals surface area contributed by atoms with Crippen molar-refractivity contribution in [3.8, 4) is 46.0 Å². The van der Waals surface area contributed by atoms with Gasteiger partial charge in [0.1, 0.15) is 123 Å². The normalized spacial score (nSPS) is 13.4. The number of hydrogen-bond donors (Lipinski definition) is 4. The molecule has 0 spiro atoms. The summed E-state index contributed by atoms with van der Waals surface area (Å²) in [5.41, 5.74) is 8.45. The van der Waals surface area contributed by atoms with Gasteiger partial charge in [-0.05, 0) is 142 Å². The zero-order valence-corrected chi connectivity index (χ0v) is 75.3. The summed E-state index contributed by atoms with van der Waals surface area (Å²) < 4.78 is 64.5. The van der Waals surface area contributed by atoms with E-state index in [4.69, 9.17) is 103 Å². The summed E-state index contributed by atoms with van der Waals surface area (Å²) in [5.74, 6) is 7.79. The lowest BCUT2D eigenvalue weighted by molar-refractivity contribution is -0.145. The van der Waals surface area contributed by atoms with Crippen molar-refractivity contribution in [2.24, 2.45) is 23.7 Å². The third kappa shape index (κ3) is 36.4. The summed E-state index contributed by atoms with van der Waals surface area (Å²) in [6.45, 7) is 33.0. The van der Waals surface area contributed by atoms with E-state index in [2.05, 4.69) is 132 Å². The average molecular weight is 1740 g/mol. The average Bonchev–Trinajstić information content (AvgIpc) is 0.819. The summed E-state index contributed by atoms with van der Waals surface area (Å²) in [6.07, 6.45) is -3.45. The van der Waals surface area contributed by atoms with Gasteiger partial charge >= 0.3 is 23.9 Å². The molecule has 0 unspecified atom stereocenters. The van der Waals surface area contributed by atoms with E-state index in [0.29, 0.717) is 96.6 Å². The lowest BCUT2D eigenvalue weighted by Gasteiger charge is -2.26. The Morgan fingerprint density at radius 1 is 0.233 bits per heavy atom. The van der Waals surface area contributed by atoms with Crippen LogP contribution in [0.2, 0.25) is 0 Å². The monoisotopic (exact) mass is 1740 g/mol. The molecular weight excluding hydrogens is 1610 g/mol. The Morgan fingerprint density at radius 2 is 0.350 bits per heavy atom. The smallest absolute Gasteiger partial charge is 0.302 e. The van der Waals surface area contributed by atoms with E-state index >= 15 is 0 Å². The zero-order chi connectivity index (χ0) is 88.6. The molecule has 120 heavy (non-hydrogen) atoms. The molecular formula is C96H124Cl4O20. The number of alkyl halides is 4. The van der Waals surface area contributed by atoms with E-state index in [1.54, 1.807) is 0 Å². The number of aliphatic hydroxyl groups excluding tert-OH is 4. The van der Waals surface area contributed by atoms with Crippen LogP contribution in [0.25, 0.3) is 0 Å². The van der Waals surface area contributed by atoms with Gasteiger partial charge in [0.05, 0.1) is 26.4 Å². The van der Waals surface area contributed by atoms with Crippen molar-refractivity contribution in [2.75, 3.05) is 103 Å². The minimum absolute atomic E-state index is 0.0554. The summed E-state index contributed by atoms with van der Waals surface area (Å²) in [4.78, 5) is 43.1. The Bertz CT molecular complexity index is 3690. The Labute approximate surface area is 730 Å². The van der Waals surface area contributed by atoms with Gasteiger partial charge in [0.25, 0.3) is 0 Å². The Balaban J connectivity index is 0.000000285. The third-order valence-electron chi connectivity index (χ3n) is 19.5. The van der Waals surface area contributed by atoms with Crippen LogP contribution in [-0.2, 0) is 59.8 Å². The van der Waals surface area contributed by atoms with Crippen LogP contribution in [0, 0.1) is 23.7 Å². The van der Waals surface area contributed by atoms with Gasteiger partial charge in [0.2, 0.25) is 0 Å². The van der Waals surface area contributed by atoms with Gasteiger partial charge in [-0.25, -0.2) is 0 Å². The molecule has 0 heterocycles. The van der Waals surface area contributed by atoms with Gasteiger partial charge in [0.15, 0.2) is 0 Å². The van der Waals surface area contributed by atoms with Gasteiger partial charge < -0.3 is 77.3 Å². The van der Waals surface area contributed by atoms with Crippen molar-refractivity contribution in [2.45, 2.75) is 157 Å². The van der Waals surface area contributed by atoms with Crippen molar-refractivity contribution in [3.05, 3.63) is 239 Å². The second kappa shape index (κ2) is 51.7. The predicted molar refractivity (Wildman–Crippen MR) is 474 cm³/mol. The van der Waals surface area contributed by atoms with Crippen LogP contribution in [0.5, 0.6) is 46.0 Å². The first-order valence-electron chi connectivity index (χ1n) is 40.2. The SMILES string of the molecule is CC(=O)OC[C@@H](O)COc1ccc(C(C)(C)c2ccc(OC[C@@H](C)CCl)cc2)cc1.CC(=O)OC[C@@H](O)COc1ccc(C(C)(C)c2ccc(OC[C@H](C)CCl)cc2)cc1.CC(=O)OC[C@H](O)COc1ccc(C(C)(C)c2ccc(OC[C@@H](C)CCl)cc2)cc1.CC(=O)OC[C@H](O)COc1ccc(C(C)(C)c2ccc(OC[C@H](C)CCl)cc2)cc1. The fourth-order valence-electron chi connectivity index (χ4n) is 11.4. The molecule has 24 heteroatoms. The minimum atomic E-state index is -0.863. The number of benzene rings is 8. The van der Waals surface area contributed by atoms with Crippen LogP contribution < -0.4 is 37.9 Å². The van der Waals surface area contributed by atoms with E-state index < -0.39 is 48.3 Å². The molecule has 0 fully saturated rings. The fourth-order valence-corrected chi connectivity index (χ4v) is 11.7. The number of esters is 4. The lowest BCUT2D eigenvalue weighted by atomic mass is 9.78. The molecule has 8 atom stereocenters. The maximum absolute atomic E-state index is 10.8. The molecule has 20 nitrogen and oxygen atoms in total. The lowest BCUT2D eigenvalue weighted by Crippen LogP contribution is -2.24. The fraction of sp³-hybridized carbons (Fsp3) is 0.458. The number of ether oxygens (including phenoxy) is 12. The minimum Gasteiger partial charge on any atom is -0.493 e. The standard InChI is InChI=1S/4C24H31ClO5/c4*1-17(13-25)14-29-22-9-5-19(6-10-22)24(3,4)20-7-11-23(12-8-20)30-16-21(27)15-28-18(2)26/h4*5-12,17,21,27H,13-16H2,1-4H3/t2*17-,21+;2*17-,21-/m1010/s1. The highest BCUT2D eigenvalue weighted by Crippen LogP contribution is 2.38. The first-order valence-corrected chi connectivity index (χ1v) is 42.4. The van der Waals surface area contributed by atoms with Crippen molar-refractivity contribution >= 4 is 70.3 Å². The number of aliphatic hydroxyl groups is 4. The quantitative estimate of drug-likeness (QED) is 0.0157. The molecule has 4 N–H and O–H groups in total. The molecule has 0 radical (unpaired) electrons. The topological polar surface area (TPSA) is 260 Å². The molecule has 0 saturated heterocycles. The number of halogens is 4. The molecule has 0 amide bonds. The second-order valence-corrected chi connectivity index (χ2v) is 33.3. The Kier molecular flexibility index (Phi) is 43.8. The molecule has 0 aromatic heterocycles. The molecule has 0 aliphatic carbocycles. The largest absolute Gasteiger partial charge is 0.493 e. The van der Waals surface area contributed by atoms with E-state index in [-0.39, 0.29) is 74.5 Å². The van der Waals surface area contributed by atoms with Crippen LogP contribution >= 0.6 is 46.4 Å². The highest BCUT2D eigenvalue weighted by atomic mass is 35.5. The Morgan fingerprint density at radius 3 is 0.458 bits per heavy atom. The number of carbonyl (C=O) groups is 4. The molecule has 8 aromatic carbocycles. The maximum atomic E-state index is 10.8. The molecule has 8 rings (SSSR count). The van der Waals surface area contributed by atoms with Gasteiger partial charge in [0, 0.05) is 96.5 Å². The summed E-state index contributed by atoms with van der Waals surface area (Å²) in [7, 11) is 0. The first-order chi connectivity index (χ1) is 56.9. The molecule has 0 saturated carbocycles. The van der Waals surface area contributed by atoms with Gasteiger partial charge in [-0.1, -0.05) is 180 Å². The van der Waals surface area contributed by atoms with Crippen LogP contribution in [0.15, 0.2) is 194 Å². The number of carbonyl (C=O) groups excluding carboxylic acids is 4. The van der Waals surface area contributed by atoms with Gasteiger partial charge in [-0.3, -0.25) is 19.2 Å². The molecule has 0 bridgehead atoms. The molecule has 656 valence electrons. The second-order valence-electron chi connectivity index (χ2n) is 32.0. The summed E-state index contributed by atoms with van der Waals surface area (Å²) >= 11 is 23.3. The summed E-state index contributed by atoms with van der Waals surface area (Å²) in [6, 6.07) is 63.6. The molecule has 0 aliphatic rings. The van der Waals surface area contributed by atoms with E-state index in [9.17, 15) is 39.6 Å². The van der Waals surface area contributed by atoms with E-state index in [0.717, 1.165) is 45.3 Å². The Hall–Kier alpha value is -8.96. The van der Waals surface area contributed by atoms with Gasteiger partial charge in [-0.2, -0.15) is 0 Å². The molecule has 8 aromatic rings. The predicted octanol–water partition coefficient (Wildman–Crippen LogP) is 18.3. The first kappa shape index (κ1) is 102. The van der Waals surface area contributed by atoms with Crippen molar-refractivity contribution in [1.82, 2.24) is 0 Å². The van der Waals surface area contributed by atoms with E-state index in [1.165, 1.54) is 49.9 Å². The number of rotatable bonds is 44. The van der Waals surface area contributed by atoms with Crippen LogP contribution in [0.3, 0.4) is 0 Å². The zero-order valence-electron chi connectivity index (χ0n) is 72.2. The van der Waals surface area contributed by atoms with Crippen LogP contribution in [0.4, 0.5) is 0 Å². The maximum Gasteiger partial charge on any atom is 0.302 e. The van der Waals surface area contributed by atoms with Gasteiger partial charge in [-0.15, -0.1) is 46.4 Å². The number of hydrogen-bond acceptors (Lipinski definition) is 20. The highest BCUT2D eigenvalue weighted by molar-refractivity contribution is 6.18. The summed E-state index contributed by atoms with van der Waals surface area (Å²) in [5, 5.41) is 39.1. The van der Waals surface area contributed by atoms with Crippen LogP contribution in [0.1, 0.15) is 155 Å². The van der Waals surface area contributed by atoms with E-state index in [1.807, 2.05) is 146 Å². The highest BCUT2D eigenvalue weighted by Gasteiger charge is 2.28. The molecule has 0 aliphatic heterocycles. The third-order valence-corrected chi connectivity index (χ3v) is 21.6.